The molecule has 0 radical (unpaired) electrons. The molecule has 2 heterocycles. The molecule has 0 amide bonds. The molecule has 0 bridgehead atoms. The zero-order chi connectivity index (χ0) is 14.7. The van der Waals surface area contributed by atoms with Gasteiger partial charge in [-0.25, -0.2) is 19.6 Å². The van der Waals surface area contributed by atoms with E-state index >= 15 is 0 Å². The molecule has 21 heavy (non-hydrogen) atoms. The lowest BCUT2D eigenvalue weighted by Gasteiger charge is -2.06. The summed E-state index contributed by atoms with van der Waals surface area (Å²) in [7, 11) is 0. The summed E-state index contributed by atoms with van der Waals surface area (Å²) in [6.07, 6.45) is 5.86. The molecule has 0 atom stereocenters. The molecular weight excluding hydrogens is 262 g/mol. The molecule has 0 fully saturated rings. The molecule has 5 heteroatoms. The van der Waals surface area contributed by atoms with Gasteiger partial charge in [0.1, 0.15) is 6.33 Å². The normalized spacial score (nSPS) is 10.8. The Kier molecular flexibility index (Phi) is 3.73. The molecule has 5 nitrogen and oxygen atoms in total. The fourth-order valence-electron chi connectivity index (χ4n) is 2.26. The van der Waals surface area contributed by atoms with Crippen molar-refractivity contribution in [3.8, 4) is 11.4 Å². The van der Waals surface area contributed by atoms with Crippen molar-refractivity contribution in [3.63, 3.8) is 0 Å². The van der Waals surface area contributed by atoms with Gasteiger partial charge >= 0.3 is 0 Å². The fraction of sp³-hybridized carbons (Fsp3) is 0.250. The Morgan fingerprint density at radius 1 is 1.14 bits per heavy atom. The summed E-state index contributed by atoms with van der Waals surface area (Å²) in [4.78, 5) is 12.7. The summed E-state index contributed by atoms with van der Waals surface area (Å²) in [6, 6.07) is 8.42. The number of rotatable bonds is 4. The SMILES string of the molecule is CCc1nc(-c2cncnc2)n(Cc2cccc(C)c2)n1. The Hall–Kier alpha value is -2.56. The predicted octanol–water partition coefficient (Wildman–Crippen LogP) is 2.65. The topological polar surface area (TPSA) is 56.5 Å². The Balaban J connectivity index is 2.00. The van der Waals surface area contributed by atoms with Gasteiger partial charge in [0.05, 0.1) is 12.1 Å². The van der Waals surface area contributed by atoms with E-state index in [1.807, 2.05) is 4.68 Å². The number of hydrogen-bond donors (Lipinski definition) is 0. The first-order valence-corrected chi connectivity index (χ1v) is 7.01. The zero-order valence-electron chi connectivity index (χ0n) is 12.2. The van der Waals surface area contributed by atoms with Gasteiger partial charge in [0.15, 0.2) is 11.6 Å². The zero-order valence-corrected chi connectivity index (χ0v) is 12.2. The van der Waals surface area contributed by atoms with E-state index in [4.69, 9.17) is 0 Å². The Morgan fingerprint density at radius 3 is 2.67 bits per heavy atom. The quantitative estimate of drug-likeness (QED) is 0.736. The van der Waals surface area contributed by atoms with Gasteiger partial charge in [-0.05, 0) is 12.5 Å². The molecule has 0 saturated heterocycles. The van der Waals surface area contributed by atoms with Gasteiger partial charge in [0, 0.05) is 18.8 Å². The minimum Gasteiger partial charge on any atom is -0.244 e. The maximum absolute atomic E-state index is 4.59. The van der Waals surface area contributed by atoms with E-state index in [0.717, 1.165) is 23.6 Å². The summed E-state index contributed by atoms with van der Waals surface area (Å²) in [5.41, 5.74) is 3.34. The number of benzene rings is 1. The van der Waals surface area contributed by atoms with Crippen LogP contribution < -0.4 is 0 Å². The van der Waals surface area contributed by atoms with Crippen LogP contribution in [0, 0.1) is 6.92 Å². The van der Waals surface area contributed by atoms with E-state index in [2.05, 4.69) is 58.2 Å². The third-order valence-electron chi connectivity index (χ3n) is 3.27. The number of hydrogen-bond acceptors (Lipinski definition) is 4. The molecule has 0 unspecified atom stereocenters. The van der Waals surface area contributed by atoms with Crippen molar-refractivity contribution in [1.29, 1.82) is 0 Å². The molecule has 2 aromatic heterocycles. The molecule has 0 aliphatic carbocycles. The van der Waals surface area contributed by atoms with Gasteiger partial charge in [0.2, 0.25) is 0 Å². The van der Waals surface area contributed by atoms with Crippen molar-refractivity contribution in [2.45, 2.75) is 26.8 Å². The second-order valence-corrected chi connectivity index (χ2v) is 4.98. The van der Waals surface area contributed by atoms with Gasteiger partial charge in [-0.15, -0.1) is 0 Å². The van der Waals surface area contributed by atoms with Crippen molar-refractivity contribution < 1.29 is 0 Å². The molecular formula is C16H17N5. The van der Waals surface area contributed by atoms with Gasteiger partial charge in [-0.2, -0.15) is 5.10 Å². The Morgan fingerprint density at radius 2 is 1.95 bits per heavy atom. The van der Waals surface area contributed by atoms with Crippen LogP contribution in [-0.2, 0) is 13.0 Å². The highest BCUT2D eigenvalue weighted by Crippen LogP contribution is 2.17. The number of nitrogens with zero attached hydrogens (tertiary/aromatic N) is 5. The lowest BCUT2D eigenvalue weighted by molar-refractivity contribution is 0.679. The summed E-state index contributed by atoms with van der Waals surface area (Å²) in [5, 5.41) is 4.58. The molecule has 3 aromatic rings. The van der Waals surface area contributed by atoms with Crippen LogP contribution >= 0.6 is 0 Å². The van der Waals surface area contributed by atoms with Crippen LogP contribution in [0.1, 0.15) is 23.9 Å². The monoisotopic (exact) mass is 279 g/mol. The average Bonchev–Trinajstić information content (AvgIpc) is 2.91. The van der Waals surface area contributed by atoms with Crippen LogP contribution in [-0.4, -0.2) is 24.7 Å². The molecule has 1 aromatic carbocycles. The summed E-state index contributed by atoms with van der Waals surface area (Å²) in [5.74, 6) is 1.65. The summed E-state index contributed by atoms with van der Waals surface area (Å²) >= 11 is 0. The molecule has 0 aliphatic heterocycles. The van der Waals surface area contributed by atoms with Crippen molar-refractivity contribution in [2.24, 2.45) is 0 Å². The highest BCUT2D eigenvalue weighted by Gasteiger charge is 2.12. The van der Waals surface area contributed by atoms with Crippen molar-refractivity contribution >= 4 is 0 Å². The Bertz CT molecular complexity index is 733. The van der Waals surface area contributed by atoms with Gasteiger partial charge < -0.3 is 0 Å². The number of aromatic nitrogens is 5. The summed E-state index contributed by atoms with van der Waals surface area (Å²) in [6.45, 7) is 4.84. The van der Waals surface area contributed by atoms with E-state index < -0.39 is 0 Å². The van der Waals surface area contributed by atoms with Crippen molar-refractivity contribution in [2.75, 3.05) is 0 Å². The lowest BCUT2D eigenvalue weighted by Crippen LogP contribution is -2.05. The maximum Gasteiger partial charge on any atom is 0.161 e. The van der Waals surface area contributed by atoms with Crippen LogP contribution in [0.3, 0.4) is 0 Å². The van der Waals surface area contributed by atoms with Crippen LogP contribution in [0.2, 0.25) is 0 Å². The first-order valence-electron chi connectivity index (χ1n) is 7.01. The highest BCUT2D eigenvalue weighted by molar-refractivity contribution is 5.52. The van der Waals surface area contributed by atoms with E-state index in [-0.39, 0.29) is 0 Å². The summed E-state index contributed by atoms with van der Waals surface area (Å²) < 4.78 is 1.92. The predicted molar refractivity (Wildman–Crippen MR) is 80.7 cm³/mol. The standard InChI is InChI=1S/C16H17N5/c1-3-15-19-16(14-8-17-11-18-9-14)21(20-15)10-13-6-4-5-12(2)7-13/h4-9,11H,3,10H2,1-2H3. The van der Waals surface area contributed by atoms with Crippen molar-refractivity contribution in [3.05, 3.63) is 59.9 Å². The lowest BCUT2D eigenvalue weighted by atomic mass is 10.1. The molecule has 0 spiro atoms. The van der Waals surface area contributed by atoms with Gasteiger partial charge in [-0.1, -0.05) is 36.8 Å². The van der Waals surface area contributed by atoms with Crippen LogP contribution in [0.25, 0.3) is 11.4 Å². The van der Waals surface area contributed by atoms with Crippen molar-refractivity contribution in [1.82, 2.24) is 24.7 Å². The Labute approximate surface area is 123 Å². The van der Waals surface area contributed by atoms with E-state index in [0.29, 0.717) is 6.54 Å². The van der Waals surface area contributed by atoms with Gasteiger partial charge in [0.25, 0.3) is 0 Å². The van der Waals surface area contributed by atoms with Gasteiger partial charge in [-0.3, -0.25) is 0 Å². The van der Waals surface area contributed by atoms with E-state index in [1.165, 1.54) is 17.5 Å². The van der Waals surface area contributed by atoms with Crippen LogP contribution in [0.5, 0.6) is 0 Å². The molecule has 0 aliphatic rings. The minimum atomic E-state index is 0.693. The first-order chi connectivity index (χ1) is 10.3. The van der Waals surface area contributed by atoms with E-state index in [9.17, 15) is 0 Å². The number of aryl methyl sites for hydroxylation is 2. The largest absolute Gasteiger partial charge is 0.244 e. The van der Waals surface area contributed by atoms with E-state index in [1.54, 1.807) is 12.4 Å². The average molecular weight is 279 g/mol. The molecule has 106 valence electrons. The van der Waals surface area contributed by atoms with Crippen LogP contribution in [0.4, 0.5) is 0 Å². The first kappa shape index (κ1) is 13.4. The maximum atomic E-state index is 4.59. The van der Waals surface area contributed by atoms with Crippen LogP contribution in [0.15, 0.2) is 43.0 Å². The molecule has 0 saturated carbocycles. The molecule has 3 rings (SSSR count). The fourth-order valence-corrected chi connectivity index (χ4v) is 2.26. The second kappa shape index (κ2) is 5.83. The highest BCUT2D eigenvalue weighted by atomic mass is 15.3. The molecule has 0 N–H and O–H groups in total. The third kappa shape index (κ3) is 2.97. The minimum absolute atomic E-state index is 0.693. The smallest absolute Gasteiger partial charge is 0.161 e. The third-order valence-corrected chi connectivity index (χ3v) is 3.27. The second-order valence-electron chi connectivity index (χ2n) is 4.98.